The lowest BCUT2D eigenvalue weighted by molar-refractivity contribution is -0.119. The number of thioether (sulfide) groups is 1. The average molecular weight is 472 g/mol. The van der Waals surface area contributed by atoms with E-state index in [4.69, 9.17) is 0 Å². The minimum absolute atomic E-state index is 0.00865. The molecule has 1 fully saturated rings. The third kappa shape index (κ3) is 4.99. The second-order valence-corrected chi connectivity index (χ2v) is 9.97. The fourth-order valence-corrected chi connectivity index (χ4v) is 4.99. The average Bonchev–Trinajstić information content (AvgIpc) is 3.13. The van der Waals surface area contributed by atoms with Gasteiger partial charge in [-0.1, -0.05) is 40.5 Å². The molecule has 0 saturated heterocycles. The van der Waals surface area contributed by atoms with Crippen LogP contribution in [0.3, 0.4) is 0 Å². The summed E-state index contributed by atoms with van der Waals surface area (Å²) in [7, 11) is -3.97. The molecule has 1 amide bonds. The molecule has 1 aliphatic carbocycles. The molecule has 1 aliphatic rings. The third-order valence-corrected chi connectivity index (χ3v) is 7.40. The number of benzene rings is 1. The first-order chi connectivity index (χ1) is 12.9. The van der Waals surface area contributed by atoms with Gasteiger partial charge in [-0.15, -0.1) is 0 Å². The maximum atomic E-state index is 12.6. The number of nitrogens with zero attached hydrogens (tertiary/aromatic N) is 1. The van der Waals surface area contributed by atoms with Crippen molar-refractivity contribution in [3.63, 3.8) is 0 Å². The van der Waals surface area contributed by atoms with Crippen LogP contribution in [-0.2, 0) is 14.6 Å². The SMILES string of the molecule is O=C(CSc1ncc(S(=O)(=O)c2ccc(Br)cc2)c(=O)[nH]1)NC1CCCC1. The molecule has 1 saturated carbocycles. The van der Waals surface area contributed by atoms with Crippen LogP contribution in [0.2, 0.25) is 0 Å². The van der Waals surface area contributed by atoms with Gasteiger partial charge < -0.3 is 10.3 Å². The number of carbonyl (C=O) groups is 1. The molecule has 0 atom stereocenters. The number of carbonyl (C=O) groups excluding carboxylic acids is 1. The normalized spacial score (nSPS) is 15.0. The molecule has 1 aromatic carbocycles. The molecule has 0 spiro atoms. The first-order valence-electron chi connectivity index (χ1n) is 8.38. The molecule has 7 nitrogen and oxygen atoms in total. The molecule has 0 bridgehead atoms. The smallest absolute Gasteiger partial charge is 0.270 e. The molecular weight excluding hydrogens is 454 g/mol. The van der Waals surface area contributed by atoms with Crippen LogP contribution in [0.4, 0.5) is 0 Å². The fourth-order valence-electron chi connectivity index (χ4n) is 2.85. The van der Waals surface area contributed by atoms with Crippen LogP contribution in [0.25, 0.3) is 0 Å². The summed E-state index contributed by atoms with van der Waals surface area (Å²) in [4.78, 5) is 30.2. The highest BCUT2D eigenvalue weighted by molar-refractivity contribution is 9.10. The van der Waals surface area contributed by atoms with E-state index < -0.39 is 20.3 Å². The van der Waals surface area contributed by atoms with Crippen LogP contribution in [0, 0.1) is 0 Å². The van der Waals surface area contributed by atoms with Crippen LogP contribution < -0.4 is 10.9 Å². The van der Waals surface area contributed by atoms with E-state index in [1.54, 1.807) is 12.1 Å². The molecule has 27 heavy (non-hydrogen) atoms. The number of rotatable bonds is 6. The Morgan fingerprint density at radius 2 is 1.93 bits per heavy atom. The van der Waals surface area contributed by atoms with Gasteiger partial charge in [0.2, 0.25) is 15.7 Å². The Bertz CT molecular complexity index is 984. The third-order valence-electron chi connectivity index (χ3n) is 4.22. The second kappa shape index (κ2) is 8.57. The number of sulfone groups is 1. The summed E-state index contributed by atoms with van der Waals surface area (Å²) in [6, 6.07) is 6.22. The summed E-state index contributed by atoms with van der Waals surface area (Å²) >= 11 is 4.30. The zero-order valence-corrected chi connectivity index (χ0v) is 17.5. The molecule has 0 radical (unpaired) electrons. The summed E-state index contributed by atoms with van der Waals surface area (Å²) in [5.41, 5.74) is -0.758. The Balaban J connectivity index is 1.69. The first-order valence-corrected chi connectivity index (χ1v) is 11.6. The number of aromatic amines is 1. The van der Waals surface area contributed by atoms with Crippen molar-refractivity contribution in [1.29, 1.82) is 0 Å². The largest absolute Gasteiger partial charge is 0.353 e. The van der Waals surface area contributed by atoms with Crippen molar-refractivity contribution in [2.75, 3.05) is 5.75 Å². The minimum atomic E-state index is -3.97. The summed E-state index contributed by atoms with van der Waals surface area (Å²) in [6.45, 7) is 0. The maximum absolute atomic E-state index is 12.6. The molecule has 3 rings (SSSR count). The van der Waals surface area contributed by atoms with Crippen molar-refractivity contribution >= 4 is 43.4 Å². The van der Waals surface area contributed by atoms with E-state index in [0.29, 0.717) is 0 Å². The quantitative estimate of drug-likeness (QED) is 0.494. The van der Waals surface area contributed by atoms with Gasteiger partial charge in [-0.2, -0.15) is 0 Å². The van der Waals surface area contributed by atoms with E-state index in [9.17, 15) is 18.0 Å². The summed E-state index contributed by atoms with van der Waals surface area (Å²) in [6.07, 6.45) is 5.28. The number of hydrogen-bond donors (Lipinski definition) is 2. The van der Waals surface area contributed by atoms with Gasteiger partial charge in [-0.25, -0.2) is 13.4 Å². The lowest BCUT2D eigenvalue weighted by Crippen LogP contribution is -2.33. The number of aromatic nitrogens is 2. The Morgan fingerprint density at radius 1 is 1.26 bits per heavy atom. The van der Waals surface area contributed by atoms with E-state index >= 15 is 0 Å². The van der Waals surface area contributed by atoms with Crippen LogP contribution in [0.5, 0.6) is 0 Å². The Hall–Kier alpha value is -1.65. The second-order valence-electron chi connectivity index (χ2n) is 6.18. The predicted octanol–water partition coefficient (Wildman–Crippen LogP) is 2.52. The minimum Gasteiger partial charge on any atom is -0.353 e. The zero-order chi connectivity index (χ0) is 19.4. The van der Waals surface area contributed by atoms with Crippen LogP contribution >= 0.6 is 27.7 Å². The van der Waals surface area contributed by atoms with E-state index in [0.717, 1.165) is 48.1 Å². The molecule has 144 valence electrons. The molecule has 2 aromatic rings. The van der Waals surface area contributed by atoms with Gasteiger partial charge in [0.05, 0.1) is 16.8 Å². The lowest BCUT2D eigenvalue weighted by atomic mass is 10.2. The van der Waals surface area contributed by atoms with Gasteiger partial charge in [0.25, 0.3) is 5.56 Å². The van der Waals surface area contributed by atoms with Crippen molar-refractivity contribution in [2.45, 2.75) is 46.7 Å². The summed E-state index contributed by atoms with van der Waals surface area (Å²) in [5, 5.41) is 3.15. The molecule has 0 aliphatic heterocycles. The Labute approximate surface area is 169 Å². The number of amides is 1. The lowest BCUT2D eigenvalue weighted by Gasteiger charge is -2.11. The molecular formula is C17H18BrN3O4S2. The van der Waals surface area contributed by atoms with E-state index in [1.807, 2.05) is 0 Å². The molecule has 1 heterocycles. The van der Waals surface area contributed by atoms with Crippen LogP contribution in [0.1, 0.15) is 25.7 Å². The standard InChI is InChI=1S/C17H18BrN3O4S2/c18-11-5-7-13(8-6-11)27(24,25)14-9-19-17(21-16(14)23)26-10-15(22)20-12-3-1-2-4-12/h5-9,12H,1-4,10H2,(H,20,22)(H,19,21,23). The summed E-state index contributed by atoms with van der Waals surface area (Å²) in [5.74, 6) is -0.0146. The highest BCUT2D eigenvalue weighted by Crippen LogP contribution is 2.21. The molecule has 1 aromatic heterocycles. The number of hydrogen-bond acceptors (Lipinski definition) is 6. The van der Waals surface area contributed by atoms with Crippen molar-refractivity contribution in [1.82, 2.24) is 15.3 Å². The van der Waals surface area contributed by atoms with Gasteiger partial charge in [0.1, 0.15) is 0 Å². The van der Waals surface area contributed by atoms with Gasteiger partial charge in [-0.3, -0.25) is 9.59 Å². The molecule has 0 unspecified atom stereocenters. The van der Waals surface area contributed by atoms with Gasteiger partial charge >= 0.3 is 0 Å². The monoisotopic (exact) mass is 471 g/mol. The highest BCUT2D eigenvalue weighted by atomic mass is 79.9. The van der Waals surface area contributed by atoms with E-state index in [2.05, 4.69) is 31.2 Å². The number of halogens is 1. The van der Waals surface area contributed by atoms with Gasteiger partial charge in [-0.05, 0) is 37.1 Å². The molecule has 10 heteroatoms. The van der Waals surface area contributed by atoms with E-state index in [1.165, 1.54) is 12.1 Å². The van der Waals surface area contributed by atoms with Gasteiger partial charge in [0.15, 0.2) is 10.1 Å². The Morgan fingerprint density at radius 3 is 2.56 bits per heavy atom. The number of H-pyrrole nitrogens is 1. The number of nitrogens with one attached hydrogen (secondary N) is 2. The first kappa shape index (κ1) is 20.1. The van der Waals surface area contributed by atoms with E-state index in [-0.39, 0.29) is 27.8 Å². The van der Waals surface area contributed by atoms with Gasteiger partial charge in [0, 0.05) is 10.5 Å². The highest BCUT2D eigenvalue weighted by Gasteiger charge is 2.22. The van der Waals surface area contributed by atoms with Crippen molar-refractivity contribution < 1.29 is 13.2 Å². The maximum Gasteiger partial charge on any atom is 0.270 e. The van der Waals surface area contributed by atoms with Crippen molar-refractivity contribution in [3.8, 4) is 0 Å². The molecule has 2 N–H and O–H groups in total. The Kier molecular flexibility index (Phi) is 6.38. The van der Waals surface area contributed by atoms with Crippen LogP contribution in [-0.4, -0.2) is 36.1 Å². The topological polar surface area (TPSA) is 109 Å². The van der Waals surface area contributed by atoms with Crippen LogP contribution in [0.15, 0.2) is 54.7 Å². The van der Waals surface area contributed by atoms with Crippen molar-refractivity contribution in [2.24, 2.45) is 0 Å². The predicted molar refractivity (Wildman–Crippen MR) is 106 cm³/mol. The fraction of sp³-hybridized carbons (Fsp3) is 0.353. The zero-order valence-electron chi connectivity index (χ0n) is 14.3. The summed E-state index contributed by atoms with van der Waals surface area (Å²) < 4.78 is 25.9. The van der Waals surface area contributed by atoms with Crippen molar-refractivity contribution in [3.05, 3.63) is 45.3 Å².